The van der Waals surface area contributed by atoms with E-state index in [1.165, 1.54) is 0 Å². The summed E-state index contributed by atoms with van der Waals surface area (Å²) in [5, 5.41) is 2.78. The summed E-state index contributed by atoms with van der Waals surface area (Å²) in [6.45, 7) is 0. The molecule has 21 heavy (non-hydrogen) atoms. The summed E-state index contributed by atoms with van der Waals surface area (Å²) in [7, 11) is 0. The molecule has 1 amide bonds. The van der Waals surface area contributed by atoms with Gasteiger partial charge in [0, 0.05) is 18.3 Å². The predicted octanol–water partition coefficient (Wildman–Crippen LogP) is 2.49. The van der Waals surface area contributed by atoms with Gasteiger partial charge in [-0.15, -0.1) is 0 Å². The fourth-order valence-electron chi connectivity index (χ4n) is 2.45. The molecule has 116 valence electrons. The number of aromatic nitrogens is 1. The number of hydrogen-bond donors (Lipinski definition) is 2. The van der Waals surface area contributed by atoms with E-state index in [9.17, 15) is 18.0 Å². The molecule has 2 rings (SSSR count). The number of pyridine rings is 1. The molecule has 1 aromatic rings. The molecule has 0 aromatic carbocycles. The van der Waals surface area contributed by atoms with Gasteiger partial charge in [0.2, 0.25) is 0 Å². The summed E-state index contributed by atoms with van der Waals surface area (Å²) >= 11 is 0. The monoisotopic (exact) mass is 301 g/mol. The number of carbonyl (C=O) groups is 1. The van der Waals surface area contributed by atoms with Gasteiger partial charge in [-0.05, 0) is 25.0 Å². The van der Waals surface area contributed by atoms with Crippen molar-refractivity contribution in [2.75, 3.05) is 0 Å². The van der Waals surface area contributed by atoms with Gasteiger partial charge in [0.15, 0.2) is 0 Å². The molecule has 3 N–H and O–H groups in total. The van der Waals surface area contributed by atoms with Crippen LogP contribution in [0.5, 0.6) is 0 Å². The zero-order valence-electron chi connectivity index (χ0n) is 11.5. The van der Waals surface area contributed by atoms with E-state index in [0.717, 1.165) is 44.2 Å². The van der Waals surface area contributed by atoms with Crippen molar-refractivity contribution in [1.82, 2.24) is 10.3 Å². The number of hydrogen-bond acceptors (Lipinski definition) is 3. The minimum atomic E-state index is -4.45. The lowest BCUT2D eigenvalue weighted by Crippen LogP contribution is -2.47. The molecular weight excluding hydrogens is 283 g/mol. The van der Waals surface area contributed by atoms with E-state index in [1.54, 1.807) is 0 Å². The van der Waals surface area contributed by atoms with Crippen LogP contribution in [-0.4, -0.2) is 23.0 Å². The maximum atomic E-state index is 12.4. The highest BCUT2D eigenvalue weighted by Crippen LogP contribution is 2.28. The Labute approximate surface area is 120 Å². The Bertz CT molecular complexity index is 487. The Kier molecular flexibility index (Phi) is 4.82. The van der Waals surface area contributed by atoms with Gasteiger partial charge >= 0.3 is 6.18 Å². The Morgan fingerprint density at radius 2 is 1.95 bits per heavy atom. The molecule has 1 aromatic heterocycles. The van der Waals surface area contributed by atoms with E-state index < -0.39 is 17.6 Å². The maximum absolute atomic E-state index is 12.4. The summed E-state index contributed by atoms with van der Waals surface area (Å²) in [5.74, 6) is -0.480. The van der Waals surface area contributed by atoms with Crippen LogP contribution in [0.25, 0.3) is 0 Å². The normalized spacial score (nSPS) is 23.4. The van der Waals surface area contributed by atoms with Gasteiger partial charge in [0.25, 0.3) is 5.91 Å². The first-order valence-corrected chi connectivity index (χ1v) is 6.97. The quantitative estimate of drug-likeness (QED) is 0.825. The van der Waals surface area contributed by atoms with Crippen molar-refractivity contribution in [1.29, 1.82) is 0 Å². The molecule has 1 saturated carbocycles. The van der Waals surface area contributed by atoms with Gasteiger partial charge in [0.1, 0.15) is 5.69 Å². The van der Waals surface area contributed by atoms with Crippen molar-refractivity contribution in [3.05, 3.63) is 29.6 Å². The molecule has 1 fully saturated rings. The standard InChI is InChI=1S/C14H18F3N3O/c15-14(16,17)9-6-7-12(19-8-9)13(21)20-11-5-3-1-2-4-10(11)18/h6-8,10-11H,1-5,18H2,(H,20,21). The number of nitrogens with zero attached hydrogens (tertiary/aromatic N) is 1. The van der Waals surface area contributed by atoms with E-state index in [1.807, 2.05) is 0 Å². The molecule has 0 saturated heterocycles. The molecule has 0 bridgehead atoms. The van der Waals surface area contributed by atoms with E-state index in [-0.39, 0.29) is 17.8 Å². The number of rotatable bonds is 2. The smallest absolute Gasteiger partial charge is 0.346 e. The highest BCUT2D eigenvalue weighted by Gasteiger charge is 2.31. The van der Waals surface area contributed by atoms with Crippen molar-refractivity contribution in [3.63, 3.8) is 0 Å². The van der Waals surface area contributed by atoms with Gasteiger partial charge < -0.3 is 11.1 Å². The summed E-state index contributed by atoms with van der Waals surface area (Å²) in [4.78, 5) is 15.6. The predicted molar refractivity (Wildman–Crippen MR) is 71.6 cm³/mol. The largest absolute Gasteiger partial charge is 0.417 e. The van der Waals surface area contributed by atoms with Crippen LogP contribution in [-0.2, 0) is 6.18 Å². The van der Waals surface area contributed by atoms with Gasteiger partial charge in [-0.25, -0.2) is 0 Å². The molecule has 2 atom stereocenters. The maximum Gasteiger partial charge on any atom is 0.417 e. The fourth-order valence-corrected chi connectivity index (χ4v) is 2.45. The van der Waals surface area contributed by atoms with Crippen molar-refractivity contribution < 1.29 is 18.0 Å². The SMILES string of the molecule is NC1CCCCCC1NC(=O)c1ccc(C(F)(F)F)cn1. The minimum Gasteiger partial charge on any atom is -0.346 e. The summed E-state index contributed by atoms with van der Waals surface area (Å²) in [5.41, 5.74) is 5.10. The van der Waals surface area contributed by atoms with Gasteiger partial charge in [-0.1, -0.05) is 19.3 Å². The van der Waals surface area contributed by atoms with Crippen LogP contribution in [0.4, 0.5) is 13.2 Å². The summed E-state index contributed by atoms with van der Waals surface area (Å²) in [6, 6.07) is 1.67. The van der Waals surface area contributed by atoms with Crippen LogP contribution in [0.3, 0.4) is 0 Å². The van der Waals surface area contributed by atoms with Crippen molar-refractivity contribution in [3.8, 4) is 0 Å². The lowest BCUT2D eigenvalue weighted by Gasteiger charge is -2.22. The van der Waals surface area contributed by atoms with E-state index in [0.29, 0.717) is 6.20 Å². The average Bonchev–Trinajstić information content (AvgIpc) is 2.63. The number of nitrogens with two attached hydrogens (primary N) is 1. The minimum absolute atomic E-state index is 0.0283. The second-order valence-electron chi connectivity index (χ2n) is 5.31. The Hall–Kier alpha value is -1.63. The fraction of sp³-hybridized carbons (Fsp3) is 0.571. The molecule has 2 unspecified atom stereocenters. The molecule has 0 aliphatic heterocycles. The first kappa shape index (κ1) is 15.8. The topological polar surface area (TPSA) is 68.0 Å². The van der Waals surface area contributed by atoms with Crippen LogP contribution in [0.2, 0.25) is 0 Å². The Morgan fingerprint density at radius 1 is 1.24 bits per heavy atom. The molecule has 1 aliphatic rings. The highest BCUT2D eigenvalue weighted by molar-refractivity contribution is 5.92. The second kappa shape index (κ2) is 6.43. The van der Waals surface area contributed by atoms with Crippen LogP contribution >= 0.6 is 0 Å². The number of amides is 1. The lowest BCUT2D eigenvalue weighted by molar-refractivity contribution is -0.137. The zero-order chi connectivity index (χ0) is 15.5. The van der Waals surface area contributed by atoms with Gasteiger partial charge in [0.05, 0.1) is 5.56 Å². The lowest BCUT2D eigenvalue weighted by atomic mass is 10.0. The zero-order valence-corrected chi connectivity index (χ0v) is 11.5. The molecular formula is C14H18F3N3O. The van der Waals surface area contributed by atoms with Gasteiger partial charge in [-0.3, -0.25) is 9.78 Å². The molecule has 0 radical (unpaired) electrons. The molecule has 1 aliphatic carbocycles. The first-order valence-electron chi connectivity index (χ1n) is 6.97. The summed E-state index contributed by atoms with van der Waals surface area (Å²) in [6.07, 6.45) is 0.941. The average molecular weight is 301 g/mol. The van der Waals surface area contributed by atoms with Crippen molar-refractivity contribution in [2.24, 2.45) is 5.73 Å². The molecule has 1 heterocycles. The third-order valence-corrected chi connectivity index (χ3v) is 3.71. The van der Waals surface area contributed by atoms with Crippen LogP contribution in [0, 0.1) is 0 Å². The van der Waals surface area contributed by atoms with E-state index in [4.69, 9.17) is 5.73 Å². The Balaban J connectivity index is 2.02. The Morgan fingerprint density at radius 3 is 2.57 bits per heavy atom. The number of carbonyl (C=O) groups excluding carboxylic acids is 1. The van der Waals surface area contributed by atoms with E-state index >= 15 is 0 Å². The summed E-state index contributed by atoms with van der Waals surface area (Å²) < 4.78 is 37.3. The second-order valence-corrected chi connectivity index (χ2v) is 5.31. The van der Waals surface area contributed by atoms with Crippen LogP contribution in [0.1, 0.15) is 48.2 Å². The molecule has 0 spiro atoms. The van der Waals surface area contributed by atoms with Crippen molar-refractivity contribution in [2.45, 2.75) is 50.4 Å². The number of halogens is 3. The number of nitrogens with one attached hydrogen (secondary N) is 1. The first-order chi connectivity index (χ1) is 9.88. The molecule has 4 nitrogen and oxygen atoms in total. The van der Waals surface area contributed by atoms with E-state index in [2.05, 4.69) is 10.3 Å². The third-order valence-electron chi connectivity index (χ3n) is 3.71. The van der Waals surface area contributed by atoms with Gasteiger partial charge in [-0.2, -0.15) is 13.2 Å². The van der Waals surface area contributed by atoms with Crippen molar-refractivity contribution >= 4 is 5.91 Å². The molecule has 7 heteroatoms. The van der Waals surface area contributed by atoms with Crippen LogP contribution < -0.4 is 11.1 Å². The number of alkyl halides is 3. The highest BCUT2D eigenvalue weighted by atomic mass is 19.4. The third kappa shape index (κ3) is 4.17. The van der Waals surface area contributed by atoms with Crippen LogP contribution in [0.15, 0.2) is 18.3 Å².